The van der Waals surface area contributed by atoms with E-state index in [0.29, 0.717) is 11.3 Å². The van der Waals surface area contributed by atoms with Crippen LogP contribution < -0.4 is 15.0 Å². The summed E-state index contributed by atoms with van der Waals surface area (Å²) in [6.07, 6.45) is 2.92. The van der Waals surface area contributed by atoms with E-state index in [-0.39, 0.29) is 11.7 Å². The van der Waals surface area contributed by atoms with Crippen LogP contribution in [-0.4, -0.2) is 44.3 Å². The predicted octanol–water partition coefficient (Wildman–Crippen LogP) is 4.45. The quantitative estimate of drug-likeness (QED) is 0.575. The van der Waals surface area contributed by atoms with Crippen molar-refractivity contribution < 1.29 is 18.7 Å². The molecule has 0 unspecified atom stereocenters. The lowest BCUT2D eigenvalue weighted by Crippen LogP contribution is -2.36. The van der Waals surface area contributed by atoms with Gasteiger partial charge in [0.15, 0.2) is 16.7 Å². The molecule has 0 aliphatic carbocycles. The maximum atomic E-state index is 13.7. The van der Waals surface area contributed by atoms with Gasteiger partial charge in [0.05, 0.1) is 26.0 Å². The summed E-state index contributed by atoms with van der Waals surface area (Å²) in [4.78, 5) is 19.1. The molecule has 2 heterocycles. The van der Waals surface area contributed by atoms with Crippen molar-refractivity contribution in [3.8, 4) is 17.0 Å². The highest BCUT2D eigenvalue weighted by molar-refractivity contribution is 7.14. The van der Waals surface area contributed by atoms with Gasteiger partial charge in [-0.2, -0.15) is 0 Å². The van der Waals surface area contributed by atoms with Crippen molar-refractivity contribution in [1.29, 1.82) is 0 Å². The van der Waals surface area contributed by atoms with Gasteiger partial charge < -0.3 is 19.7 Å². The van der Waals surface area contributed by atoms with Gasteiger partial charge in [-0.3, -0.25) is 4.79 Å². The Morgan fingerprint density at radius 3 is 2.71 bits per heavy atom. The second kappa shape index (κ2) is 9.72. The van der Waals surface area contributed by atoms with E-state index in [1.165, 1.54) is 25.3 Å². The van der Waals surface area contributed by atoms with Crippen LogP contribution in [0, 0.1) is 5.82 Å². The van der Waals surface area contributed by atoms with Crippen LogP contribution in [0.5, 0.6) is 5.75 Å². The number of amides is 1. The van der Waals surface area contributed by atoms with Gasteiger partial charge in [0, 0.05) is 35.8 Å². The smallest absolute Gasteiger partial charge is 0.248 e. The van der Waals surface area contributed by atoms with E-state index in [9.17, 15) is 9.18 Å². The molecule has 2 aromatic carbocycles. The molecule has 0 atom stereocenters. The average Bonchev–Trinajstić information content (AvgIpc) is 3.29. The van der Waals surface area contributed by atoms with Crippen molar-refractivity contribution >= 4 is 34.1 Å². The van der Waals surface area contributed by atoms with Gasteiger partial charge in [0.1, 0.15) is 0 Å². The molecule has 0 saturated carbocycles. The molecule has 4 rings (SSSR count). The van der Waals surface area contributed by atoms with Crippen LogP contribution >= 0.6 is 11.3 Å². The Bertz CT molecular complexity index is 1080. The summed E-state index contributed by atoms with van der Waals surface area (Å²) in [6, 6.07) is 12.0. The Morgan fingerprint density at radius 2 is 2.00 bits per heavy atom. The lowest BCUT2D eigenvalue weighted by atomic mass is 10.1. The minimum absolute atomic E-state index is 0.166. The van der Waals surface area contributed by atoms with Crippen LogP contribution in [-0.2, 0) is 9.53 Å². The molecule has 1 N–H and O–H groups in total. The SMILES string of the molecule is COc1ccc(/C=C/C(=O)Nc2ccc(-c3csc(N4CCOCC4)n3)cc2)cc1F. The fourth-order valence-electron chi connectivity index (χ4n) is 3.16. The highest BCUT2D eigenvalue weighted by atomic mass is 32.1. The van der Waals surface area contributed by atoms with Crippen LogP contribution in [0.1, 0.15) is 5.56 Å². The number of benzene rings is 2. The third-order valence-corrected chi connectivity index (χ3v) is 5.73. The maximum Gasteiger partial charge on any atom is 0.248 e. The van der Waals surface area contributed by atoms with Gasteiger partial charge in [-0.25, -0.2) is 9.37 Å². The normalized spacial score (nSPS) is 14.1. The molecule has 0 bridgehead atoms. The van der Waals surface area contributed by atoms with Crippen molar-refractivity contribution in [2.75, 3.05) is 43.6 Å². The molecule has 160 valence electrons. The lowest BCUT2D eigenvalue weighted by Gasteiger charge is -2.26. The molecular weight excluding hydrogens is 417 g/mol. The van der Waals surface area contributed by atoms with E-state index in [0.717, 1.165) is 42.7 Å². The molecule has 3 aromatic rings. The monoisotopic (exact) mass is 439 g/mol. The van der Waals surface area contributed by atoms with E-state index >= 15 is 0 Å². The predicted molar refractivity (Wildman–Crippen MR) is 121 cm³/mol. The van der Waals surface area contributed by atoms with E-state index < -0.39 is 5.82 Å². The Labute approximate surface area is 183 Å². The Kier molecular flexibility index (Phi) is 6.59. The molecule has 1 saturated heterocycles. The molecule has 1 aliphatic rings. The molecule has 0 radical (unpaired) electrons. The van der Waals surface area contributed by atoms with Crippen LogP contribution in [0.2, 0.25) is 0 Å². The lowest BCUT2D eigenvalue weighted by molar-refractivity contribution is -0.111. The summed E-state index contributed by atoms with van der Waals surface area (Å²) in [6.45, 7) is 3.17. The largest absolute Gasteiger partial charge is 0.494 e. The number of nitrogens with zero attached hydrogens (tertiary/aromatic N) is 2. The van der Waals surface area contributed by atoms with E-state index in [1.807, 2.05) is 29.6 Å². The standard InChI is InChI=1S/C23H22FN3O3S/c1-29-21-8-2-16(14-19(21)24)3-9-22(28)25-18-6-4-17(5-7-18)20-15-31-23(26-20)27-10-12-30-13-11-27/h2-9,14-15H,10-13H2,1H3,(H,25,28)/b9-3+. The Balaban J connectivity index is 1.36. The van der Waals surface area contributed by atoms with Crippen molar-refractivity contribution in [2.45, 2.75) is 0 Å². The third kappa shape index (κ3) is 5.28. The zero-order valence-corrected chi connectivity index (χ0v) is 17.8. The topological polar surface area (TPSA) is 63.7 Å². The van der Waals surface area contributed by atoms with E-state index in [2.05, 4.69) is 10.2 Å². The first-order valence-corrected chi connectivity index (χ1v) is 10.7. The van der Waals surface area contributed by atoms with Crippen molar-refractivity contribution in [2.24, 2.45) is 0 Å². The number of hydrogen-bond donors (Lipinski definition) is 1. The van der Waals surface area contributed by atoms with Gasteiger partial charge in [-0.1, -0.05) is 18.2 Å². The number of ether oxygens (including phenoxy) is 2. The highest BCUT2D eigenvalue weighted by Crippen LogP contribution is 2.28. The number of anilines is 2. The zero-order valence-electron chi connectivity index (χ0n) is 17.0. The first-order valence-electron chi connectivity index (χ1n) is 9.83. The molecule has 31 heavy (non-hydrogen) atoms. The van der Waals surface area contributed by atoms with Crippen molar-refractivity contribution in [3.63, 3.8) is 0 Å². The first-order chi connectivity index (χ1) is 15.1. The number of morpholine rings is 1. The third-order valence-electron chi connectivity index (χ3n) is 4.82. The fourth-order valence-corrected chi connectivity index (χ4v) is 4.05. The van der Waals surface area contributed by atoms with Crippen LogP contribution in [0.3, 0.4) is 0 Å². The van der Waals surface area contributed by atoms with Gasteiger partial charge in [0.2, 0.25) is 5.91 Å². The first kappa shape index (κ1) is 21.0. The van der Waals surface area contributed by atoms with Gasteiger partial charge in [0.25, 0.3) is 0 Å². The number of hydrogen-bond acceptors (Lipinski definition) is 6. The molecule has 1 fully saturated rings. The Morgan fingerprint density at radius 1 is 1.23 bits per heavy atom. The molecule has 6 nitrogen and oxygen atoms in total. The number of nitrogens with one attached hydrogen (secondary N) is 1. The summed E-state index contributed by atoms with van der Waals surface area (Å²) in [5, 5.41) is 5.83. The van der Waals surface area contributed by atoms with Crippen LogP contribution in [0.4, 0.5) is 15.2 Å². The van der Waals surface area contributed by atoms with E-state index in [4.69, 9.17) is 14.5 Å². The molecular formula is C23H22FN3O3S. The second-order valence-electron chi connectivity index (χ2n) is 6.91. The maximum absolute atomic E-state index is 13.7. The Hall–Kier alpha value is -3.23. The van der Waals surface area contributed by atoms with Crippen molar-refractivity contribution in [1.82, 2.24) is 4.98 Å². The minimum Gasteiger partial charge on any atom is -0.494 e. The zero-order chi connectivity index (χ0) is 21.6. The molecule has 1 aromatic heterocycles. The molecule has 1 aliphatic heterocycles. The number of carbonyl (C=O) groups excluding carboxylic acids is 1. The van der Waals surface area contributed by atoms with Crippen molar-refractivity contribution in [3.05, 3.63) is 65.3 Å². The number of halogens is 1. The summed E-state index contributed by atoms with van der Waals surface area (Å²) < 4.78 is 24.0. The number of rotatable bonds is 6. The summed E-state index contributed by atoms with van der Waals surface area (Å²) >= 11 is 1.62. The summed E-state index contributed by atoms with van der Waals surface area (Å²) in [7, 11) is 1.41. The molecule has 0 spiro atoms. The van der Waals surface area contributed by atoms with Gasteiger partial charge in [-0.05, 0) is 35.9 Å². The summed E-state index contributed by atoms with van der Waals surface area (Å²) in [5.41, 5.74) is 3.13. The van der Waals surface area contributed by atoms with Gasteiger partial charge in [-0.15, -0.1) is 11.3 Å². The minimum atomic E-state index is -0.473. The number of aromatic nitrogens is 1. The average molecular weight is 440 g/mol. The highest BCUT2D eigenvalue weighted by Gasteiger charge is 2.15. The van der Waals surface area contributed by atoms with E-state index in [1.54, 1.807) is 23.5 Å². The fraction of sp³-hybridized carbons (Fsp3) is 0.217. The number of thiazole rings is 1. The van der Waals surface area contributed by atoms with Crippen LogP contribution in [0.15, 0.2) is 53.9 Å². The number of carbonyl (C=O) groups is 1. The van der Waals surface area contributed by atoms with Gasteiger partial charge >= 0.3 is 0 Å². The molecule has 1 amide bonds. The number of methoxy groups -OCH3 is 1. The van der Waals surface area contributed by atoms with Crippen LogP contribution in [0.25, 0.3) is 17.3 Å². The summed E-state index contributed by atoms with van der Waals surface area (Å²) in [5.74, 6) is -0.606. The molecule has 8 heteroatoms. The second-order valence-corrected chi connectivity index (χ2v) is 7.75.